The predicted octanol–water partition coefficient (Wildman–Crippen LogP) is 0.709. The van der Waals surface area contributed by atoms with Gasteiger partial charge in [-0.25, -0.2) is 8.42 Å². The minimum atomic E-state index is -3.72. The van der Waals surface area contributed by atoms with Gasteiger partial charge in [0.1, 0.15) is 6.04 Å². The summed E-state index contributed by atoms with van der Waals surface area (Å²) in [5, 5.41) is 2.80. The molecule has 0 aromatic heterocycles. The van der Waals surface area contributed by atoms with Gasteiger partial charge in [-0.3, -0.25) is 9.59 Å². The lowest BCUT2D eigenvalue weighted by Crippen LogP contribution is -2.55. The molecule has 31 heavy (non-hydrogen) atoms. The first-order valence-electron chi connectivity index (χ1n) is 10.6. The van der Waals surface area contributed by atoms with Crippen LogP contribution in [0.25, 0.3) is 0 Å². The van der Waals surface area contributed by atoms with Crippen LogP contribution in [-0.4, -0.2) is 87.6 Å². The maximum atomic E-state index is 13.0. The molecule has 0 saturated carbocycles. The molecular formula is C21H31N3O6S. The molecule has 9 nitrogen and oxygen atoms in total. The van der Waals surface area contributed by atoms with Gasteiger partial charge in [0.2, 0.25) is 15.9 Å². The number of rotatable bonds is 6. The summed E-state index contributed by atoms with van der Waals surface area (Å²) < 4.78 is 37.9. The molecule has 1 N–H and O–H groups in total. The lowest BCUT2D eigenvalue weighted by molar-refractivity contribution is -0.141. The molecule has 2 aliphatic rings. The molecule has 0 aliphatic carbocycles. The fourth-order valence-corrected chi connectivity index (χ4v) is 5.14. The number of hydrogen-bond acceptors (Lipinski definition) is 6. The minimum absolute atomic E-state index is 0.0523. The molecule has 1 aromatic carbocycles. The zero-order valence-electron chi connectivity index (χ0n) is 18.2. The Morgan fingerprint density at radius 2 is 1.84 bits per heavy atom. The highest BCUT2D eigenvalue weighted by Gasteiger charge is 2.32. The largest absolute Gasteiger partial charge is 0.379 e. The van der Waals surface area contributed by atoms with Crippen LogP contribution < -0.4 is 5.32 Å². The second-order valence-corrected chi connectivity index (χ2v) is 10.1. The first-order chi connectivity index (χ1) is 14.7. The smallest absolute Gasteiger partial charge is 0.251 e. The van der Waals surface area contributed by atoms with E-state index in [4.69, 9.17) is 9.47 Å². The van der Waals surface area contributed by atoms with E-state index in [9.17, 15) is 18.0 Å². The lowest BCUT2D eigenvalue weighted by Gasteiger charge is -2.35. The number of nitrogens with zero attached hydrogens (tertiary/aromatic N) is 2. The summed E-state index contributed by atoms with van der Waals surface area (Å²) in [6.07, 6.45) is -0.0525. The summed E-state index contributed by atoms with van der Waals surface area (Å²) in [6, 6.07) is 5.21. The maximum Gasteiger partial charge on any atom is 0.251 e. The Labute approximate surface area is 183 Å². The number of sulfonamides is 1. The molecule has 2 fully saturated rings. The monoisotopic (exact) mass is 453 g/mol. The first kappa shape index (κ1) is 23.6. The quantitative estimate of drug-likeness (QED) is 0.680. The van der Waals surface area contributed by atoms with Gasteiger partial charge in [0.05, 0.1) is 30.8 Å². The average molecular weight is 454 g/mol. The SMILES string of the molecule is CC1CN(C(=O)[C@@H](NC(=O)c2cccc(S(=O)(=O)N3CCOCC3)c2)C(C)C)CCO1. The van der Waals surface area contributed by atoms with Gasteiger partial charge in [-0.15, -0.1) is 0 Å². The summed E-state index contributed by atoms with van der Waals surface area (Å²) in [7, 11) is -3.72. The third-order valence-electron chi connectivity index (χ3n) is 5.48. The number of amides is 2. The van der Waals surface area contributed by atoms with Crippen LogP contribution in [0.15, 0.2) is 29.2 Å². The van der Waals surface area contributed by atoms with Gasteiger partial charge in [0.25, 0.3) is 5.91 Å². The van der Waals surface area contributed by atoms with E-state index in [2.05, 4.69) is 5.32 Å². The van der Waals surface area contributed by atoms with Crippen molar-refractivity contribution < 1.29 is 27.5 Å². The molecule has 1 aromatic rings. The van der Waals surface area contributed by atoms with Gasteiger partial charge in [0, 0.05) is 31.7 Å². The van der Waals surface area contributed by atoms with Crippen LogP contribution in [0.3, 0.4) is 0 Å². The number of carbonyl (C=O) groups excluding carboxylic acids is 2. The van der Waals surface area contributed by atoms with Crippen molar-refractivity contribution in [3.8, 4) is 0 Å². The average Bonchev–Trinajstić information content (AvgIpc) is 2.77. The normalized spacial score (nSPS) is 21.7. The van der Waals surface area contributed by atoms with Crippen molar-refractivity contribution in [3.63, 3.8) is 0 Å². The van der Waals surface area contributed by atoms with Gasteiger partial charge in [0.15, 0.2) is 0 Å². The zero-order chi connectivity index (χ0) is 22.6. The second kappa shape index (κ2) is 10.1. The molecule has 3 rings (SSSR count). The number of hydrogen-bond donors (Lipinski definition) is 1. The van der Waals surface area contributed by atoms with Crippen molar-refractivity contribution in [2.75, 3.05) is 46.0 Å². The van der Waals surface area contributed by atoms with E-state index in [0.29, 0.717) is 32.9 Å². The molecule has 2 saturated heterocycles. The highest BCUT2D eigenvalue weighted by molar-refractivity contribution is 7.89. The van der Waals surface area contributed by atoms with Crippen molar-refractivity contribution in [1.82, 2.24) is 14.5 Å². The first-order valence-corrected chi connectivity index (χ1v) is 12.0. The van der Waals surface area contributed by atoms with Crippen LogP contribution in [0, 0.1) is 5.92 Å². The van der Waals surface area contributed by atoms with Crippen LogP contribution in [0.1, 0.15) is 31.1 Å². The number of carbonyl (C=O) groups is 2. The van der Waals surface area contributed by atoms with E-state index in [1.54, 1.807) is 11.0 Å². The molecule has 0 radical (unpaired) electrons. The number of benzene rings is 1. The minimum Gasteiger partial charge on any atom is -0.379 e. The van der Waals surface area contributed by atoms with E-state index in [0.717, 1.165) is 0 Å². The molecular weight excluding hydrogens is 422 g/mol. The van der Waals surface area contributed by atoms with Crippen molar-refractivity contribution >= 4 is 21.8 Å². The zero-order valence-corrected chi connectivity index (χ0v) is 19.1. The van der Waals surface area contributed by atoms with Gasteiger partial charge in [-0.1, -0.05) is 19.9 Å². The third-order valence-corrected chi connectivity index (χ3v) is 7.37. The van der Waals surface area contributed by atoms with Crippen molar-refractivity contribution in [2.45, 2.75) is 37.8 Å². The lowest BCUT2D eigenvalue weighted by atomic mass is 10.0. The van der Waals surface area contributed by atoms with Crippen molar-refractivity contribution in [2.24, 2.45) is 5.92 Å². The summed E-state index contributed by atoms with van der Waals surface area (Å²) >= 11 is 0. The Hall–Kier alpha value is -2.01. The predicted molar refractivity (Wildman–Crippen MR) is 114 cm³/mol. The van der Waals surface area contributed by atoms with Crippen LogP contribution in [0.2, 0.25) is 0 Å². The molecule has 2 atom stereocenters. The van der Waals surface area contributed by atoms with Crippen molar-refractivity contribution in [3.05, 3.63) is 29.8 Å². The highest BCUT2D eigenvalue weighted by Crippen LogP contribution is 2.19. The number of nitrogens with one attached hydrogen (secondary N) is 1. The molecule has 2 amide bonds. The summed E-state index contributed by atoms with van der Waals surface area (Å²) in [5.41, 5.74) is 0.197. The Morgan fingerprint density at radius 3 is 2.48 bits per heavy atom. The standard InChI is InChI=1S/C21H31N3O6S/c1-15(2)19(21(26)23-7-12-30-16(3)14-23)22-20(25)17-5-4-6-18(13-17)31(27,28)24-8-10-29-11-9-24/h4-6,13,15-16,19H,7-12,14H2,1-3H3,(H,22,25)/t16?,19-/m0/s1. The summed E-state index contributed by atoms with van der Waals surface area (Å²) in [4.78, 5) is 27.7. The van der Waals surface area contributed by atoms with Crippen LogP contribution in [0.5, 0.6) is 0 Å². The summed E-state index contributed by atoms with van der Waals surface area (Å²) in [5.74, 6) is -0.766. The topological polar surface area (TPSA) is 105 Å². The Bertz CT molecular complexity index is 898. The Kier molecular flexibility index (Phi) is 7.68. The van der Waals surface area contributed by atoms with E-state index >= 15 is 0 Å². The second-order valence-electron chi connectivity index (χ2n) is 8.21. The maximum absolute atomic E-state index is 13.0. The highest BCUT2D eigenvalue weighted by atomic mass is 32.2. The fourth-order valence-electron chi connectivity index (χ4n) is 3.69. The fraction of sp³-hybridized carbons (Fsp3) is 0.619. The van der Waals surface area contributed by atoms with Crippen LogP contribution in [0.4, 0.5) is 0 Å². The van der Waals surface area contributed by atoms with Crippen LogP contribution in [-0.2, 0) is 24.3 Å². The van der Waals surface area contributed by atoms with Crippen molar-refractivity contribution in [1.29, 1.82) is 0 Å². The molecule has 10 heteroatoms. The molecule has 1 unspecified atom stereocenters. The number of morpholine rings is 2. The molecule has 0 bridgehead atoms. The van der Waals surface area contributed by atoms with Gasteiger partial charge < -0.3 is 19.7 Å². The van der Waals surface area contributed by atoms with E-state index in [-0.39, 0.29) is 41.5 Å². The Balaban J connectivity index is 1.75. The van der Waals surface area contributed by atoms with Crippen LogP contribution >= 0.6 is 0 Å². The van der Waals surface area contributed by atoms with Gasteiger partial charge >= 0.3 is 0 Å². The number of ether oxygens (including phenoxy) is 2. The van der Waals surface area contributed by atoms with E-state index in [1.807, 2.05) is 20.8 Å². The third kappa shape index (κ3) is 5.62. The molecule has 2 aliphatic heterocycles. The summed E-state index contributed by atoms with van der Waals surface area (Å²) in [6.45, 7) is 8.31. The van der Waals surface area contributed by atoms with Gasteiger partial charge in [-0.05, 0) is 31.0 Å². The molecule has 0 spiro atoms. The Morgan fingerprint density at radius 1 is 1.13 bits per heavy atom. The van der Waals surface area contributed by atoms with E-state index in [1.165, 1.54) is 22.5 Å². The van der Waals surface area contributed by atoms with E-state index < -0.39 is 22.0 Å². The molecule has 172 valence electrons. The van der Waals surface area contributed by atoms with Gasteiger partial charge in [-0.2, -0.15) is 4.31 Å². The molecule has 2 heterocycles.